The highest BCUT2D eigenvalue weighted by Crippen LogP contribution is 2.18. The van der Waals surface area contributed by atoms with Gasteiger partial charge in [0.2, 0.25) is 10.3 Å². The molecule has 1 heterocycles. The van der Waals surface area contributed by atoms with Gasteiger partial charge in [-0.25, -0.2) is 0 Å². The van der Waals surface area contributed by atoms with Crippen molar-refractivity contribution in [2.45, 2.75) is 0 Å². The fraction of sp³-hybridized carbons (Fsp3) is 0.333. The lowest BCUT2D eigenvalue weighted by atomic mass is 10.6. The lowest BCUT2D eigenvalue weighted by molar-refractivity contribution is 1.08. The Kier molecular flexibility index (Phi) is 2.85. The van der Waals surface area contributed by atoms with Gasteiger partial charge in [-0.15, -0.1) is 16.8 Å². The molecule has 1 aromatic heterocycles. The van der Waals surface area contributed by atoms with Gasteiger partial charge in [0.25, 0.3) is 0 Å². The third-order valence-electron chi connectivity index (χ3n) is 1.04. The van der Waals surface area contributed by atoms with E-state index in [9.17, 15) is 0 Å². The largest absolute Gasteiger partial charge is 0.363 e. The second-order valence-electron chi connectivity index (χ2n) is 1.83. The zero-order valence-corrected chi connectivity index (χ0v) is 7.11. The summed E-state index contributed by atoms with van der Waals surface area (Å²) in [5.74, 6) is 0. The fourth-order valence-corrected chi connectivity index (χ4v) is 1.16. The van der Waals surface area contributed by atoms with Gasteiger partial charge < -0.3 is 10.6 Å². The molecule has 0 fully saturated rings. The summed E-state index contributed by atoms with van der Waals surface area (Å²) in [4.78, 5) is 0. The summed E-state index contributed by atoms with van der Waals surface area (Å²) in [5.41, 5.74) is 0. The van der Waals surface area contributed by atoms with Crippen LogP contribution in [0.15, 0.2) is 12.7 Å². The van der Waals surface area contributed by atoms with E-state index in [2.05, 4.69) is 27.4 Å². The van der Waals surface area contributed by atoms with Crippen LogP contribution >= 0.6 is 11.3 Å². The highest BCUT2D eigenvalue weighted by molar-refractivity contribution is 7.19. The zero-order chi connectivity index (χ0) is 8.10. The molecule has 60 valence electrons. The number of hydrogen-bond donors (Lipinski definition) is 2. The highest BCUT2D eigenvalue weighted by atomic mass is 32.1. The van der Waals surface area contributed by atoms with Crippen LogP contribution < -0.4 is 10.6 Å². The van der Waals surface area contributed by atoms with Crippen molar-refractivity contribution in [2.24, 2.45) is 0 Å². The third-order valence-corrected chi connectivity index (χ3v) is 1.93. The molecular formula is C6H10N4S. The van der Waals surface area contributed by atoms with Gasteiger partial charge in [-0.3, -0.25) is 0 Å². The van der Waals surface area contributed by atoms with Gasteiger partial charge in [0.05, 0.1) is 0 Å². The number of hydrogen-bond acceptors (Lipinski definition) is 5. The van der Waals surface area contributed by atoms with Gasteiger partial charge in [0.1, 0.15) is 0 Å². The van der Waals surface area contributed by atoms with Gasteiger partial charge in [-0.1, -0.05) is 17.4 Å². The Morgan fingerprint density at radius 1 is 1.55 bits per heavy atom. The van der Waals surface area contributed by atoms with Crippen molar-refractivity contribution >= 4 is 21.6 Å². The molecule has 0 spiro atoms. The minimum atomic E-state index is 0.721. The van der Waals surface area contributed by atoms with Crippen LogP contribution in [0.2, 0.25) is 0 Å². The van der Waals surface area contributed by atoms with E-state index in [1.807, 2.05) is 7.05 Å². The van der Waals surface area contributed by atoms with Crippen LogP contribution in [0.5, 0.6) is 0 Å². The molecule has 0 aliphatic rings. The summed E-state index contributed by atoms with van der Waals surface area (Å²) in [6.07, 6.45) is 1.78. The normalized spacial score (nSPS) is 9.18. The Labute approximate surface area is 69.3 Å². The van der Waals surface area contributed by atoms with Crippen molar-refractivity contribution < 1.29 is 0 Å². The van der Waals surface area contributed by atoms with E-state index in [0.29, 0.717) is 0 Å². The Hall–Kier alpha value is -1.10. The van der Waals surface area contributed by atoms with E-state index in [1.165, 1.54) is 11.3 Å². The van der Waals surface area contributed by atoms with Gasteiger partial charge in [0, 0.05) is 13.6 Å². The van der Waals surface area contributed by atoms with Crippen LogP contribution in [-0.4, -0.2) is 23.8 Å². The molecule has 4 nitrogen and oxygen atoms in total. The quantitative estimate of drug-likeness (QED) is 0.666. The molecule has 2 N–H and O–H groups in total. The van der Waals surface area contributed by atoms with E-state index >= 15 is 0 Å². The van der Waals surface area contributed by atoms with Crippen LogP contribution in [0.1, 0.15) is 0 Å². The monoisotopic (exact) mass is 170 g/mol. The van der Waals surface area contributed by atoms with Crippen LogP contribution in [-0.2, 0) is 0 Å². The van der Waals surface area contributed by atoms with Crippen LogP contribution in [0.4, 0.5) is 10.3 Å². The van der Waals surface area contributed by atoms with Crippen LogP contribution in [0.3, 0.4) is 0 Å². The minimum absolute atomic E-state index is 0.721. The number of aromatic nitrogens is 2. The number of anilines is 2. The van der Waals surface area contributed by atoms with E-state index in [1.54, 1.807) is 6.08 Å². The third kappa shape index (κ3) is 2.19. The molecule has 0 aromatic carbocycles. The molecule has 0 aliphatic carbocycles. The van der Waals surface area contributed by atoms with Crippen molar-refractivity contribution in [1.82, 2.24) is 10.2 Å². The van der Waals surface area contributed by atoms with E-state index in [0.717, 1.165) is 16.8 Å². The van der Waals surface area contributed by atoms with Crippen LogP contribution in [0, 0.1) is 0 Å². The first kappa shape index (κ1) is 8.00. The SMILES string of the molecule is C=CCNc1nnc(NC)s1. The molecule has 0 bridgehead atoms. The Bertz CT molecular complexity index is 232. The maximum Gasteiger partial charge on any atom is 0.207 e. The molecule has 0 atom stereocenters. The number of nitrogens with zero attached hydrogens (tertiary/aromatic N) is 2. The lowest BCUT2D eigenvalue weighted by Gasteiger charge is -1.92. The number of nitrogens with one attached hydrogen (secondary N) is 2. The lowest BCUT2D eigenvalue weighted by Crippen LogP contribution is -1.96. The van der Waals surface area contributed by atoms with Crippen molar-refractivity contribution in [3.63, 3.8) is 0 Å². The molecule has 0 radical (unpaired) electrons. The van der Waals surface area contributed by atoms with E-state index in [-0.39, 0.29) is 0 Å². The first-order valence-electron chi connectivity index (χ1n) is 3.23. The summed E-state index contributed by atoms with van der Waals surface area (Å²) in [6.45, 7) is 4.30. The van der Waals surface area contributed by atoms with Crippen LogP contribution in [0.25, 0.3) is 0 Å². The Balaban J connectivity index is 2.50. The van der Waals surface area contributed by atoms with Gasteiger partial charge in [-0.2, -0.15) is 0 Å². The Morgan fingerprint density at radius 3 is 2.82 bits per heavy atom. The standard InChI is InChI=1S/C6H10N4S/c1-3-4-8-6-10-9-5(7-2)11-6/h3H,1,4H2,2H3,(H,7,9)(H,8,10). The van der Waals surface area contributed by atoms with Gasteiger partial charge in [-0.05, 0) is 0 Å². The van der Waals surface area contributed by atoms with Crippen molar-refractivity contribution in [2.75, 3.05) is 24.2 Å². The smallest absolute Gasteiger partial charge is 0.207 e. The first-order chi connectivity index (χ1) is 5.36. The topological polar surface area (TPSA) is 49.8 Å². The average Bonchev–Trinajstić information content (AvgIpc) is 2.48. The molecule has 5 heteroatoms. The minimum Gasteiger partial charge on any atom is -0.363 e. The Morgan fingerprint density at radius 2 is 2.27 bits per heavy atom. The molecule has 0 saturated carbocycles. The molecule has 0 unspecified atom stereocenters. The summed E-state index contributed by atoms with van der Waals surface area (Å²) >= 11 is 1.48. The molecule has 0 saturated heterocycles. The predicted octanol–water partition coefficient (Wildman–Crippen LogP) is 1.18. The second-order valence-corrected chi connectivity index (χ2v) is 2.81. The maximum atomic E-state index is 3.87. The second kappa shape index (κ2) is 3.92. The summed E-state index contributed by atoms with van der Waals surface area (Å²) in [5, 5.41) is 15.3. The molecular weight excluding hydrogens is 160 g/mol. The average molecular weight is 170 g/mol. The molecule has 0 aliphatic heterocycles. The van der Waals surface area contributed by atoms with Crippen molar-refractivity contribution in [3.8, 4) is 0 Å². The number of rotatable bonds is 4. The highest BCUT2D eigenvalue weighted by Gasteiger charge is 1.98. The molecule has 1 rings (SSSR count). The zero-order valence-electron chi connectivity index (χ0n) is 6.29. The van der Waals surface area contributed by atoms with Crippen molar-refractivity contribution in [1.29, 1.82) is 0 Å². The molecule has 1 aromatic rings. The molecule has 0 amide bonds. The summed E-state index contributed by atoms with van der Waals surface area (Å²) in [6, 6.07) is 0. The summed E-state index contributed by atoms with van der Waals surface area (Å²) in [7, 11) is 1.82. The van der Waals surface area contributed by atoms with E-state index < -0.39 is 0 Å². The fourth-order valence-electron chi connectivity index (χ4n) is 0.555. The predicted molar refractivity (Wildman–Crippen MR) is 48.1 cm³/mol. The first-order valence-corrected chi connectivity index (χ1v) is 4.04. The van der Waals surface area contributed by atoms with Crippen molar-refractivity contribution in [3.05, 3.63) is 12.7 Å². The van der Waals surface area contributed by atoms with Gasteiger partial charge >= 0.3 is 0 Å². The summed E-state index contributed by atoms with van der Waals surface area (Å²) < 4.78 is 0. The van der Waals surface area contributed by atoms with E-state index in [4.69, 9.17) is 0 Å². The molecule has 11 heavy (non-hydrogen) atoms. The maximum absolute atomic E-state index is 3.87. The van der Waals surface area contributed by atoms with Gasteiger partial charge in [0.15, 0.2) is 0 Å².